The fraction of sp³-hybridized carbons (Fsp3) is 1.00. The van der Waals surface area contributed by atoms with Crippen molar-refractivity contribution in [2.24, 2.45) is 0 Å². The van der Waals surface area contributed by atoms with Crippen LogP contribution in [0.2, 0.25) is 0 Å². The number of hydrogen-bond donors (Lipinski definition) is 0. The molecule has 0 aliphatic rings. The molecular formula is C16H47N4Sn3. The summed E-state index contributed by atoms with van der Waals surface area (Å²) >= 11 is 0. The van der Waals surface area contributed by atoms with E-state index in [1.807, 2.05) is 62.3 Å². The van der Waals surface area contributed by atoms with Crippen LogP contribution in [-0.4, -0.2) is 93.9 Å². The van der Waals surface area contributed by atoms with Crippen molar-refractivity contribution in [2.75, 3.05) is 0 Å². The Balaban J connectivity index is -0.0000000129. The maximum absolute atomic E-state index is 8.52. The second kappa shape index (κ2) is 19.0. The molecule has 0 saturated carbocycles. The molecule has 3 N–H and O–H groups in total. The zero-order valence-corrected chi connectivity index (χ0v) is 26.0. The van der Waals surface area contributed by atoms with Crippen molar-refractivity contribution in [1.82, 2.24) is 22.9 Å². The van der Waals surface area contributed by atoms with Gasteiger partial charge in [-0.05, 0) is 83.1 Å². The molecule has 0 heterocycles. The van der Waals surface area contributed by atoms with E-state index in [4.69, 9.17) is 22.9 Å². The Hall–Kier alpha value is 2.24. The first kappa shape index (κ1) is 44.6. The molecule has 0 bridgehead atoms. The summed E-state index contributed by atoms with van der Waals surface area (Å²) in [6, 6.07) is 0. The summed E-state index contributed by atoms with van der Waals surface area (Å²) in [4.78, 5) is 0. The van der Waals surface area contributed by atoms with Crippen molar-refractivity contribution in [3.8, 4) is 0 Å². The molecule has 0 fully saturated rings. The van der Waals surface area contributed by atoms with Crippen molar-refractivity contribution < 1.29 is 5.71 Å². The normalized spacial score (nSPS) is 10.4. The van der Waals surface area contributed by atoms with E-state index >= 15 is 0 Å². The van der Waals surface area contributed by atoms with Crippen LogP contribution in [0, 0.1) is 0 Å². The van der Waals surface area contributed by atoms with Gasteiger partial charge < -0.3 is 0 Å². The number of hydrogen-bond acceptors (Lipinski definition) is 0. The van der Waals surface area contributed by atoms with Crippen LogP contribution in [0.15, 0.2) is 0 Å². The topological polar surface area (TPSA) is 93.7 Å². The van der Waals surface area contributed by atoms with Gasteiger partial charge in [0.15, 0.2) is 0 Å². The Bertz CT molecular complexity index is 154. The fourth-order valence-corrected chi connectivity index (χ4v) is 0. The molecule has 0 aromatic carbocycles. The second-order valence-electron chi connectivity index (χ2n) is 8.92. The molecule has 0 aliphatic carbocycles. The van der Waals surface area contributed by atoms with Crippen LogP contribution in [0.4, 0.5) is 0 Å². The van der Waals surface area contributed by atoms with Crippen molar-refractivity contribution in [2.45, 2.75) is 105 Å². The summed E-state index contributed by atoms with van der Waals surface area (Å²) in [5.41, 5.74) is 28.1. The van der Waals surface area contributed by atoms with Crippen LogP contribution in [0.3, 0.4) is 0 Å². The molecule has 0 atom stereocenters. The molecule has 0 spiro atoms. The number of nitrogens with zero attached hydrogens (tertiary/aromatic N) is 1. The molecule has 4 nitrogen and oxygen atoms in total. The smallest absolute Gasteiger partial charge is 0.0459 e. The summed E-state index contributed by atoms with van der Waals surface area (Å²) in [7, 11) is 0. The Morgan fingerprint density at radius 3 is 0.478 bits per heavy atom. The van der Waals surface area contributed by atoms with Gasteiger partial charge in [0, 0.05) is 99.6 Å². The Morgan fingerprint density at radius 1 is 0.478 bits per heavy atom. The van der Waals surface area contributed by atoms with Crippen LogP contribution < -0.4 is 22.9 Å². The third-order valence-electron chi connectivity index (χ3n) is 0. The molecule has 0 rings (SSSR count). The van der Waals surface area contributed by atoms with Gasteiger partial charge in [0.1, 0.15) is 0 Å². The Kier molecular flexibility index (Phi) is 36.8. The minimum absolute atomic E-state index is 0. The van der Waals surface area contributed by atoms with Gasteiger partial charge in [0.05, 0.1) is 0 Å². The van der Waals surface area contributed by atoms with Crippen LogP contribution in [0.1, 0.15) is 88.8 Å². The summed E-state index contributed by atoms with van der Waals surface area (Å²) in [6.45, 7) is 21.9. The first-order chi connectivity index (χ1) is 8.00. The molecule has 0 amide bonds. The third kappa shape index (κ3) is 2400. The van der Waals surface area contributed by atoms with Gasteiger partial charge in [0.25, 0.3) is 0 Å². The van der Waals surface area contributed by atoms with Gasteiger partial charge in [-0.3, -0.25) is 17.2 Å². The average molecular weight is 652 g/mol. The van der Waals surface area contributed by atoms with E-state index in [-0.39, 0.29) is 94.0 Å². The first-order valence-corrected chi connectivity index (χ1v) is 6.97. The van der Waals surface area contributed by atoms with Crippen molar-refractivity contribution in [1.29, 1.82) is 0 Å². The fourth-order valence-electron chi connectivity index (χ4n) is 0. The Morgan fingerprint density at radius 2 is 0.478 bits per heavy atom. The quantitative estimate of drug-likeness (QED) is 0.356. The largest absolute Gasteiger partial charge is 0.252 e. The maximum atomic E-state index is 8.52. The molecule has 0 unspecified atom stereocenters. The third-order valence-corrected chi connectivity index (χ3v) is 0. The van der Waals surface area contributed by atoms with Crippen LogP contribution in [0.25, 0.3) is 0 Å². The molecule has 23 heavy (non-hydrogen) atoms. The molecule has 0 saturated heterocycles. The van der Waals surface area contributed by atoms with E-state index in [0.717, 1.165) is 0 Å². The van der Waals surface area contributed by atoms with Gasteiger partial charge in [0.2, 0.25) is 0 Å². The molecule has 0 aromatic heterocycles. The van der Waals surface area contributed by atoms with E-state index in [1.54, 1.807) is 20.8 Å². The van der Waals surface area contributed by atoms with Gasteiger partial charge in [-0.1, -0.05) is 0 Å². The van der Waals surface area contributed by atoms with Crippen molar-refractivity contribution >= 4 is 71.7 Å². The van der Waals surface area contributed by atoms with Gasteiger partial charge in [-0.25, -0.2) is 0 Å². The van der Waals surface area contributed by atoms with E-state index in [2.05, 4.69) is 0 Å². The summed E-state index contributed by atoms with van der Waals surface area (Å²) < 4.78 is 0. The predicted octanol–water partition coefficient (Wildman–Crippen LogP) is 3.90. The second-order valence-corrected chi connectivity index (χ2v) is 8.92. The van der Waals surface area contributed by atoms with E-state index in [9.17, 15) is 0 Å². The molecule has 7 heteroatoms. The van der Waals surface area contributed by atoms with Crippen LogP contribution in [-0.2, 0) is 0 Å². The number of rotatable bonds is 0. The zero-order valence-electron chi connectivity index (χ0n) is 17.4. The SMILES string of the molecule is CC(C)(C)[NH].CC(C)(C)[NH].CC(C)(C)[NH].CC(C)(C)[N].[HH].[HH].[HH].[HH].[Sn].[Sn].[Sn]. The van der Waals surface area contributed by atoms with Crippen molar-refractivity contribution in [3.05, 3.63) is 0 Å². The Labute approximate surface area is 204 Å². The predicted molar refractivity (Wildman–Crippen MR) is 116 cm³/mol. The minimum atomic E-state index is -0.500. The standard InChI is InChI=1S/3C4H10N.C4H9N.3Sn.4H2/c4*1-4(2,3)5;;;;;;;/h3*5H,1-3H3;1-3H3;;;;4*1H. The molecule has 143 valence electrons. The molecule has 17 radical (unpaired) electrons. The van der Waals surface area contributed by atoms with Gasteiger partial charge in [-0.15, -0.1) is 5.73 Å². The summed E-state index contributed by atoms with van der Waals surface area (Å²) in [5, 5.41) is 0. The van der Waals surface area contributed by atoms with Crippen LogP contribution >= 0.6 is 0 Å². The van der Waals surface area contributed by atoms with E-state index < -0.39 is 5.54 Å². The van der Waals surface area contributed by atoms with Gasteiger partial charge >= 0.3 is 0 Å². The molecule has 0 aromatic rings. The minimum Gasteiger partial charge on any atom is -0.252 e. The first-order valence-electron chi connectivity index (χ1n) is 6.97. The van der Waals surface area contributed by atoms with Crippen molar-refractivity contribution in [3.63, 3.8) is 0 Å². The van der Waals surface area contributed by atoms with Gasteiger partial charge in [-0.2, -0.15) is 0 Å². The van der Waals surface area contributed by atoms with E-state index in [1.165, 1.54) is 0 Å². The number of nitrogens with one attached hydrogen (secondary N) is 3. The summed E-state index contributed by atoms with van der Waals surface area (Å²) in [6.07, 6.45) is 0. The van der Waals surface area contributed by atoms with E-state index in [0.29, 0.717) is 0 Å². The average Bonchev–Trinajstić information content (AvgIpc) is 1.62. The molecular weight excluding hydrogens is 604 g/mol. The molecule has 0 aliphatic heterocycles. The van der Waals surface area contributed by atoms with Crippen LogP contribution in [0.5, 0.6) is 0 Å². The summed E-state index contributed by atoms with van der Waals surface area (Å²) in [5.74, 6) is 0. The monoisotopic (exact) mass is 655 g/mol. The maximum Gasteiger partial charge on any atom is 0.0459 e. The zero-order chi connectivity index (χ0) is 18.0.